The fourth-order valence-electron chi connectivity index (χ4n) is 4.50. The van der Waals surface area contributed by atoms with E-state index in [9.17, 15) is 23.1 Å². The number of likely N-dealkylation sites (N-methyl/N-ethyl adjacent to an activating group) is 1. The third-order valence-corrected chi connectivity index (χ3v) is 8.91. The number of benzene rings is 2. The molecule has 12 heteroatoms. The molecule has 0 fully saturated rings. The predicted octanol–water partition coefficient (Wildman–Crippen LogP) is 2.88. The van der Waals surface area contributed by atoms with Gasteiger partial charge in [0.2, 0.25) is 10.0 Å². The molecule has 1 aliphatic rings. The van der Waals surface area contributed by atoms with Gasteiger partial charge in [0, 0.05) is 43.2 Å². The number of ether oxygens (including phenoxy) is 2. The van der Waals surface area contributed by atoms with Crippen LogP contribution in [0.25, 0.3) is 0 Å². The Morgan fingerprint density at radius 1 is 1.20 bits per heavy atom. The maximum atomic E-state index is 13.7. The molecule has 0 radical (unpaired) electrons. The minimum Gasteiger partial charge on any atom is -0.497 e. The van der Waals surface area contributed by atoms with Crippen molar-refractivity contribution in [3.8, 4) is 11.5 Å². The molecule has 4 rings (SSSR count). The van der Waals surface area contributed by atoms with Crippen LogP contribution in [0, 0.1) is 5.92 Å². The van der Waals surface area contributed by atoms with Gasteiger partial charge >= 0.3 is 0 Å². The highest BCUT2D eigenvalue weighted by molar-refractivity contribution is 7.89. The molecule has 2 heterocycles. The maximum Gasteiger partial charge on any atom is 0.258 e. The number of methoxy groups -OCH3 is 1. The highest BCUT2D eigenvalue weighted by Gasteiger charge is 2.35. The minimum atomic E-state index is -3.85. The summed E-state index contributed by atoms with van der Waals surface area (Å²) < 4.78 is 39.3. The number of carbonyl (C=O) groups excluding carboxylic acids is 2. The molecule has 11 nitrogen and oxygen atoms in total. The quantitative estimate of drug-likeness (QED) is 0.393. The number of fused-ring (bicyclic) bond motifs is 1. The smallest absolute Gasteiger partial charge is 0.258 e. The van der Waals surface area contributed by atoms with E-state index in [4.69, 9.17) is 9.47 Å². The average molecular weight is 583 g/mol. The summed E-state index contributed by atoms with van der Waals surface area (Å²) in [5.41, 5.74) is 0.971. The monoisotopic (exact) mass is 582 g/mol. The summed E-state index contributed by atoms with van der Waals surface area (Å²) >= 11 is 0. The van der Waals surface area contributed by atoms with E-state index in [1.165, 1.54) is 49.1 Å². The fraction of sp³-hybridized carbons (Fsp3) is 0.345. The van der Waals surface area contributed by atoms with Crippen LogP contribution in [0.5, 0.6) is 11.5 Å². The SMILES string of the molecule is COc1ccc(S(=O)(=O)N(C)C[C@@H]2Oc3ccc(NC(=O)c4ccncc4)cc3C(=O)N([C@@H](C)CO)C[C@H]2C)cc1. The van der Waals surface area contributed by atoms with E-state index in [-0.39, 0.29) is 53.6 Å². The van der Waals surface area contributed by atoms with Gasteiger partial charge in [-0.15, -0.1) is 0 Å². The number of nitrogens with one attached hydrogen (secondary N) is 1. The lowest BCUT2D eigenvalue weighted by Gasteiger charge is -2.38. The van der Waals surface area contributed by atoms with E-state index in [1.807, 2.05) is 6.92 Å². The second-order valence-electron chi connectivity index (χ2n) is 9.98. The number of rotatable bonds is 9. The molecule has 3 atom stereocenters. The lowest BCUT2D eigenvalue weighted by Crippen LogP contribution is -2.50. The molecule has 0 unspecified atom stereocenters. The van der Waals surface area contributed by atoms with Crippen molar-refractivity contribution in [3.05, 3.63) is 78.1 Å². The number of aromatic nitrogens is 1. The number of carbonyl (C=O) groups is 2. The molecule has 0 bridgehead atoms. The van der Waals surface area contributed by atoms with Crippen molar-refractivity contribution in [1.82, 2.24) is 14.2 Å². The Hall–Kier alpha value is -4.00. The summed E-state index contributed by atoms with van der Waals surface area (Å²) in [4.78, 5) is 31.9. The molecule has 0 saturated heterocycles. The van der Waals surface area contributed by atoms with Gasteiger partial charge in [0.15, 0.2) is 0 Å². The molecule has 1 aliphatic heterocycles. The van der Waals surface area contributed by atoms with Crippen molar-refractivity contribution >= 4 is 27.5 Å². The predicted molar refractivity (Wildman–Crippen MR) is 153 cm³/mol. The van der Waals surface area contributed by atoms with Crippen LogP contribution in [0.15, 0.2) is 71.9 Å². The molecule has 218 valence electrons. The van der Waals surface area contributed by atoms with Crippen LogP contribution < -0.4 is 14.8 Å². The standard InChI is InChI=1S/C29H34N4O7S/c1-19-16-33(20(2)18-34)29(36)25-15-22(31-28(35)21-11-13-30-14-12-21)5-10-26(25)40-27(19)17-32(3)41(37,38)24-8-6-23(39-4)7-9-24/h5-15,19-20,27,34H,16-18H2,1-4H3,(H,31,35)/t19-,20+,27+/m1/s1. The number of sulfonamides is 1. The van der Waals surface area contributed by atoms with Crippen LogP contribution in [-0.4, -0.2) is 85.5 Å². The first-order valence-corrected chi connectivity index (χ1v) is 14.5. The summed E-state index contributed by atoms with van der Waals surface area (Å²) in [6.07, 6.45) is 2.38. The highest BCUT2D eigenvalue weighted by Crippen LogP contribution is 2.31. The molecule has 41 heavy (non-hydrogen) atoms. The number of hydrogen-bond acceptors (Lipinski definition) is 8. The van der Waals surface area contributed by atoms with Crippen LogP contribution in [0.2, 0.25) is 0 Å². The van der Waals surface area contributed by atoms with E-state index in [2.05, 4.69) is 10.3 Å². The molecule has 3 aromatic rings. The van der Waals surface area contributed by atoms with E-state index < -0.39 is 22.2 Å². The lowest BCUT2D eigenvalue weighted by molar-refractivity contribution is 0.0387. The van der Waals surface area contributed by atoms with Crippen molar-refractivity contribution < 1.29 is 32.6 Å². The van der Waals surface area contributed by atoms with E-state index in [1.54, 1.807) is 48.2 Å². The number of nitrogens with zero attached hydrogens (tertiary/aromatic N) is 3. The Morgan fingerprint density at radius 3 is 2.51 bits per heavy atom. The second-order valence-corrected chi connectivity index (χ2v) is 12.0. The van der Waals surface area contributed by atoms with Crippen molar-refractivity contribution in [2.75, 3.05) is 39.2 Å². The van der Waals surface area contributed by atoms with E-state index in [0.717, 1.165) is 0 Å². The first-order chi connectivity index (χ1) is 19.5. The molecule has 0 spiro atoms. The summed E-state index contributed by atoms with van der Waals surface area (Å²) in [6.45, 7) is 3.57. The summed E-state index contributed by atoms with van der Waals surface area (Å²) in [6, 6.07) is 13.5. The Balaban J connectivity index is 1.64. The number of aliphatic hydroxyl groups excluding tert-OH is 1. The zero-order valence-electron chi connectivity index (χ0n) is 23.4. The summed E-state index contributed by atoms with van der Waals surface area (Å²) in [7, 11) is -0.869. The van der Waals surface area contributed by atoms with Gasteiger partial charge in [0.25, 0.3) is 11.8 Å². The van der Waals surface area contributed by atoms with Crippen LogP contribution in [0.1, 0.15) is 34.6 Å². The lowest BCUT2D eigenvalue weighted by atomic mass is 9.99. The topological polar surface area (TPSA) is 138 Å². The van der Waals surface area contributed by atoms with Gasteiger partial charge in [0.1, 0.15) is 17.6 Å². The molecule has 2 N–H and O–H groups in total. The molecular formula is C29H34N4O7S. The van der Waals surface area contributed by atoms with Crippen molar-refractivity contribution in [2.24, 2.45) is 5.92 Å². The Bertz CT molecular complexity index is 1480. The van der Waals surface area contributed by atoms with Crippen molar-refractivity contribution in [2.45, 2.75) is 30.9 Å². The van der Waals surface area contributed by atoms with Gasteiger partial charge < -0.3 is 24.8 Å². The van der Waals surface area contributed by atoms with Crippen LogP contribution in [-0.2, 0) is 10.0 Å². The van der Waals surface area contributed by atoms with Gasteiger partial charge in [-0.25, -0.2) is 8.42 Å². The van der Waals surface area contributed by atoms with Crippen molar-refractivity contribution in [1.29, 1.82) is 0 Å². The zero-order valence-corrected chi connectivity index (χ0v) is 24.2. The molecule has 2 aromatic carbocycles. The van der Waals surface area contributed by atoms with Gasteiger partial charge in [-0.05, 0) is 61.5 Å². The van der Waals surface area contributed by atoms with Crippen LogP contribution in [0.4, 0.5) is 5.69 Å². The molecule has 0 saturated carbocycles. The maximum absolute atomic E-state index is 13.7. The largest absolute Gasteiger partial charge is 0.497 e. The first kappa shape index (κ1) is 30.0. The van der Waals surface area contributed by atoms with Gasteiger partial charge in [-0.2, -0.15) is 4.31 Å². The van der Waals surface area contributed by atoms with Crippen molar-refractivity contribution in [3.63, 3.8) is 0 Å². The van der Waals surface area contributed by atoms with Gasteiger partial charge in [0.05, 0.1) is 36.8 Å². The molecule has 0 aliphatic carbocycles. The summed E-state index contributed by atoms with van der Waals surface area (Å²) in [5, 5.41) is 12.7. The van der Waals surface area contributed by atoms with Gasteiger partial charge in [-0.3, -0.25) is 14.6 Å². The van der Waals surface area contributed by atoms with Crippen LogP contribution >= 0.6 is 0 Å². The number of amides is 2. The Labute approximate surface area is 239 Å². The van der Waals surface area contributed by atoms with E-state index in [0.29, 0.717) is 17.0 Å². The van der Waals surface area contributed by atoms with Crippen LogP contribution in [0.3, 0.4) is 0 Å². The number of anilines is 1. The van der Waals surface area contributed by atoms with Gasteiger partial charge in [-0.1, -0.05) is 6.92 Å². The second kappa shape index (κ2) is 12.7. The normalized spacial score (nSPS) is 18.1. The molecular weight excluding hydrogens is 548 g/mol. The molecule has 2 amide bonds. The zero-order chi connectivity index (χ0) is 29.7. The minimum absolute atomic E-state index is 0.00500. The number of aliphatic hydroxyl groups is 1. The first-order valence-electron chi connectivity index (χ1n) is 13.1. The third-order valence-electron chi connectivity index (χ3n) is 7.07. The summed E-state index contributed by atoms with van der Waals surface area (Å²) in [5.74, 6) is -0.242. The highest BCUT2D eigenvalue weighted by atomic mass is 32.2. The Kier molecular flexibility index (Phi) is 9.26. The number of hydrogen-bond donors (Lipinski definition) is 2. The van der Waals surface area contributed by atoms with E-state index >= 15 is 0 Å². The third kappa shape index (κ3) is 6.67. The fourth-order valence-corrected chi connectivity index (χ4v) is 5.69. The Morgan fingerprint density at radius 2 is 1.88 bits per heavy atom. The number of pyridine rings is 1. The average Bonchev–Trinajstić information content (AvgIpc) is 2.99. The molecule has 1 aromatic heterocycles.